The van der Waals surface area contributed by atoms with Crippen molar-refractivity contribution >= 4 is 52.3 Å². The molecular weight excluding hydrogens is 352 g/mol. The maximum Gasteiger partial charge on any atom is 0.340 e. The first-order valence-electron chi connectivity index (χ1n) is 8.83. The van der Waals surface area contributed by atoms with Gasteiger partial charge in [-0.05, 0) is 66.8 Å². The Morgan fingerprint density at radius 2 is 1.36 bits per heavy atom. The number of aromatic nitrogens is 4. The Kier molecular flexibility index (Phi) is 3.69. The fourth-order valence-electron chi connectivity index (χ4n) is 3.30. The molecule has 3 aromatic heterocycles. The predicted molar refractivity (Wildman–Crippen MR) is 110 cm³/mol. The molecule has 2 aliphatic heterocycles. The molecule has 28 heavy (non-hydrogen) atoms. The summed E-state index contributed by atoms with van der Waals surface area (Å²) in [7, 11) is 1.37. The SMILES string of the molecule is COC(=O)c1cc2cc3ccc(cc4nc(cc5nc(cc1[nH]2)C=C5)C=C4)[nH]3. The molecule has 0 radical (unpaired) electrons. The molecule has 0 amide bonds. The monoisotopic (exact) mass is 368 g/mol. The molecule has 136 valence electrons. The van der Waals surface area contributed by atoms with E-state index < -0.39 is 5.97 Å². The van der Waals surface area contributed by atoms with E-state index in [2.05, 4.69) is 19.9 Å². The zero-order valence-corrected chi connectivity index (χ0v) is 15.1. The van der Waals surface area contributed by atoms with E-state index in [-0.39, 0.29) is 0 Å². The second-order valence-electron chi connectivity index (χ2n) is 6.58. The van der Waals surface area contributed by atoms with E-state index in [1.807, 2.05) is 60.7 Å². The van der Waals surface area contributed by atoms with Crippen LogP contribution in [-0.2, 0) is 4.74 Å². The lowest BCUT2D eigenvalue weighted by atomic mass is 10.2. The average Bonchev–Trinajstić information content (AvgIpc) is 3.45. The van der Waals surface area contributed by atoms with Crippen LogP contribution >= 0.6 is 0 Å². The molecule has 5 rings (SSSR count). The Bertz CT molecular complexity index is 1330. The third kappa shape index (κ3) is 3.01. The van der Waals surface area contributed by atoms with Gasteiger partial charge in [0, 0.05) is 16.6 Å². The molecule has 0 spiro atoms. The minimum Gasteiger partial charge on any atom is -0.465 e. The number of hydrogen-bond acceptors (Lipinski definition) is 4. The van der Waals surface area contributed by atoms with Crippen molar-refractivity contribution < 1.29 is 9.53 Å². The third-order valence-corrected chi connectivity index (χ3v) is 4.57. The number of methoxy groups -OCH3 is 1. The summed E-state index contributed by atoms with van der Waals surface area (Å²) in [5, 5.41) is 0. The number of nitrogens with one attached hydrogen (secondary N) is 2. The van der Waals surface area contributed by atoms with Gasteiger partial charge in [-0.2, -0.15) is 0 Å². The summed E-state index contributed by atoms with van der Waals surface area (Å²) in [5.41, 5.74) is 7.05. The van der Waals surface area contributed by atoms with Crippen LogP contribution in [0.4, 0.5) is 0 Å². The topological polar surface area (TPSA) is 83.7 Å². The Labute approximate surface area is 160 Å². The van der Waals surface area contributed by atoms with E-state index in [1.54, 1.807) is 6.07 Å². The van der Waals surface area contributed by atoms with E-state index in [0.717, 1.165) is 39.3 Å². The first kappa shape index (κ1) is 16.3. The van der Waals surface area contributed by atoms with Gasteiger partial charge >= 0.3 is 5.97 Å². The number of carbonyl (C=O) groups excluding carboxylic acids is 1. The first-order chi connectivity index (χ1) is 13.7. The number of esters is 1. The largest absolute Gasteiger partial charge is 0.465 e. The lowest BCUT2D eigenvalue weighted by Crippen LogP contribution is -1.99. The van der Waals surface area contributed by atoms with Crippen LogP contribution in [0.5, 0.6) is 0 Å². The molecule has 3 aromatic rings. The summed E-state index contributed by atoms with van der Waals surface area (Å²) in [4.78, 5) is 28.0. The van der Waals surface area contributed by atoms with Crippen molar-refractivity contribution in [3.8, 4) is 0 Å². The molecule has 0 unspecified atom stereocenters. The van der Waals surface area contributed by atoms with Crippen LogP contribution in [0.25, 0.3) is 46.4 Å². The molecule has 2 N–H and O–H groups in total. The number of aromatic amines is 2. The van der Waals surface area contributed by atoms with Gasteiger partial charge in [0.15, 0.2) is 0 Å². The summed E-state index contributed by atoms with van der Waals surface area (Å²) in [6.45, 7) is 0. The van der Waals surface area contributed by atoms with Crippen molar-refractivity contribution in [2.75, 3.05) is 7.11 Å². The van der Waals surface area contributed by atoms with Crippen LogP contribution in [-0.4, -0.2) is 33.0 Å². The Morgan fingerprint density at radius 3 is 2.04 bits per heavy atom. The summed E-state index contributed by atoms with van der Waals surface area (Å²) in [6.07, 6.45) is 7.77. The summed E-state index contributed by atoms with van der Waals surface area (Å²) < 4.78 is 4.93. The summed E-state index contributed by atoms with van der Waals surface area (Å²) in [6, 6.07) is 13.4. The molecule has 6 nitrogen and oxygen atoms in total. The van der Waals surface area contributed by atoms with Gasteiger partial charge in [0.1, 0.15) is 0 Å². The number of fused-ring (bicyclic) bond motifs is 8. The highest BCUT2D eigenvalue weighted by atomic mass is 16.5. The quantitative estimate of drug-likeness (QED) is 0.428. The molecular formula is C22H16N4O2. The fraction of sp³-hybridized carbons (Fsp3) is 0.0455. The lowest BCUT2D eigenvalue weighted by molar-refractivity contribution is 0.0603. The van der Waals surface area contributed by atoms with Gasteiger partial charge in [-0.25, -0.2) is 14.8 Å². The zero-order valence-electron chi connectivity index (χ0n) is 15.1. The van der Waals surface area contributed by atoms with Gasteiger partial charge in [0.25, 0.3) is 0 Å². The predicted octanol–water partition coefficient (Wildman–Crippen LogP) is 4.44. The number of ether oxygens (including phenoxy) is 1. The smallest absolute Gasteiger partial charge is 0.340 e. The van der Waals surface area contributed by atoms with Crippen molar-refractivity contribution in [3.05, 3.63) is 70.8 Å². The highest BCUT2D eigenvalue weighted by molar-refractivity contribution is 5.99. The zero-order chi connectivity index (χ0) is 19.1. The molecule has 8 bridgehead atoms. The van der Waals surface area contributed by atoms with Crippen molar-refractivity contribution in [1.29, 1.82) is 0 Å². The second kappa shape index (κ2) is 6.35. The molecule has 0 atom stereocenters. The maximum atomic E-state index is 12.2. The Morgan fingerprint density at radius 1 is 0.750 bits per heavy atom. The van der Waals surface area contributed by atoms with Crippen LogP contribution in [0.15, 0.2) is 42.5 Å². The molecule has 6 heteroatoms. The van der Waals surface area contributed by atoms with Gasteiger partial charge in [0.2, 0.25) is 0 Å². The van der Waals surface area contributed by atoms with Gasteiger partial charge < -0.3 is 14.7 Å². The van der Waals surface area contributed by atoms with Crippen LogP contribution in [0.3, 0.4) is 0 Å². The number of H-pyrrole nitrogens is 2. The van der Waals surface area contributed by atoms with Crippen molar-refractivity contribution in [3.63, 3.8) is 0 Å². The van der Waals surface area contributed by atoms with Crippen LogP contribution in [0.1, 0.15) is 33.1 Å². The number of hydrogen-bond donors (Lipinski definition) is 2. The normalized spacial score (nSPS) is 12.3. The standard InChI is InChI=1S/C22H16N4O2/c1-28-22(27)20-11-19-10-17-5-4-15(24-17)8-13-2-3-14(23-13)9-16-6-7-18(25-16)12-21(20)26-19/h2-12,24,26H,1H3. The van der Waals surface area contributed by atoms with Gasteiger partial charge in [-0.15, -0.1) is 0 Å². The van der Waals surface area contributed by atoms with Crippen LogP contribution in [0.2, 0.25) is 0 Å². The molecule has 0 aromatic carbocycles. The molecule has 0 saturated heterocycles. The van der Waals surface area contributed by atoms with E-state index in [4.69, 9.17) is 4.74 Å². The number of carbonyl (C=O) groups is 1. The van der Waals surface area contributed by atoms with Crippen molar-refractivity contribution in [1.82, 2.24) is 19.9 Å². The third-order valence-electron chi connectivity index (χ3n) is 4.57. The summed E-state index contributed by atoms with van der Waals surface area (Å²) in [5.74, 6) is -0.396. The molecule has 0 saturated carbocycles. The lowest BCUT2D eigenvalue weighted by Gasteiger charge is -1.94. The van der Waals surface area contributed by atoms with E-state index >= 15 is 0 Å². The van der Waals surface area contributed by atoms with E-state index in [9.17, 15) is 4.79 Å². The average molecular weight is 368 g/mol. The van der Waals surface area contributed by atoms with Gasteiger partial charge in [0.05, 0.1) is 41.0 Å². The fourth-order valence-corrected chi connectivity index (χ4v) is 3.30. The van der Waals surface area contributed by atoms with Gasteiger partial charge in [-0.3, -0.25) is 0 Å². The molecule has 2 aliphatic rings. The van der Waals surface area contributed by atoms with Gasteiger partial charge in [-0.1, -0.05) is 0 Å². The minimum atomic E-state index is -0.396. The van der Waals surface area contributed by atoms with E-state index in [0.29, 0.717) is 11.1 Å². The van der Waals surface area contributed by atoms with Crippen molar-refractivity contribution in [2.24, 2.45) is 0 Å². The first-order valence-corrected chi connectivity index (χ1v) is 8.83. The highest BCUT2D eigenvalue weighted by Gasteiger charge is 2.11. The van der Waals surface area contributed by atoms with E-state index in [1.165, 1.54) is 7.11 Å². The molecule has 0 aliphatic carbocycles. The maximum absolute atomic E-state index is 12.2. The number of rotatable bonds is 1. The second-order valence-corrected chi connectivity index (χ2v) is 6.58. The summed E-state index contributed by atoms with van der Waals surface area (Å²) >= 11 is 0. The van der Waals surface area contributed by atoms with Crippen molar-refractivity contribution in [2.45, 2.75) is 0 Å². The Hall–Kier alpha value is -3.93. The minimum absolute atomic E-state index is 0.396. The molecule has 0 fully saturated rings. The van der Waals surface area contributed by atoms with Crippen LogP contribution < -0.4 is 0 Å². The number of nitrogens with zero attached hydrogens (tertiary/aromatic N) is 2. The molecule has 5 heterocycles. The van der Waals surface area contributed by atoms with Crippen LogP contribution in [0, 0.1) is 0 Å². The Balaban J connectivity index is 1.85. The highest BCUT2D eigenvalue weighted by Crippen LogP contribution is 2.20.